The maximum absolute atomic E-state index is 13.7. The zero-order valence-electron chi connectivity index (χ0n) is 13.2. The quantitative estimate of drug-likeness (QED) is 0.748. The number of likely N-dealkylation sites (N-methyl/N-ethyl adjacent to an activating group) is 1. The topological polar surface area (TPSA) is 21.1 Å². The van der Waals surface area contributed by atoms with E-state index >= 15 is 0 Å². The van der Waals surface area contributed by atoms with Gasteiger partial charge in [-0.1, -0.05) is 13.8 Å². The first-order valence-corrected chi connectivity index (χ1v) is 7.94. The Labute approximate surface area is 130 Å². The summed E-state index contributed by atoms with van der Waals surface area (Å²) in [6.45, 7) is 11.8. The van der Waals surface area contributed by atoms with Crippen LogP contribution in [0.25, 0.3) is 11.0 Å². The minimum Gasteiger partial charge on any atom is -0.325 e. The number of hydrogen-bond donors (Lipinski definition) is 0. The van der Waals surface area contributed by atoms with Gasteiger partial charge < -0.3 is 9.47 Å². The van der Waals surface area contributed by atoms with Crippen molar-refractivity contribution in [3.05, 3.63) is 29.3 Å². The fourth-order valence-corrected chi connectivity index (χ4v) is 2.76. The summed E-state index contributed by atoms with van der Waals surface area (Å²) >= 11 is 6.25. The van der Waals surface area contributed by atoms with Crippen molar-refractivity contribution in [2.75, 3.05) is 19.6 Å². The van der Waals surface area contributed by atoms with Gasteiger partial charge >= 0.3 is 0 Å². The molecule has 0 amide bonds. The number of alkyl halides is 1. The van der Waals surface area contributed by atoms with E-state index in [1.54, 1.807) is 6.92 Å². The Morgan fingerprint density at radius 1 is 1.33 bits per heavy atom. The smallest absolute Gasteiger partial charge is 0.128 e. The third kappa shape index (κ3) is 3.38. The molecule has 21 heavy (non-hydrogen) atoms. The van der Waals surface area contributed by atoms with Gasteiger partial charge in [0.05, 0.1) is 16.4 Å². The number of imidazole rings is 1. The van der Waals surface area contributed by atoms with Crippen molar-refractivity contribution >= 4 is 22.6 Å². The molecule has 0 radical (unpaired) electrons. The van der Waals surface area contributed by atoms with Crippen LogP contribution in [0, 0.1) is 12.7 Å². The van der Waals surface area contributed by atoms with Crippen LogP contribution >= 0.6 is 11.6 Å². The van der Waals surface area contributed by atoms with Crippen molar-refractivity contribution in [3.8, 4) is 0 Å². The van der Waals surface area contributed by atoms with Crippen LogP contribution < -0.4 is 0 Å². The highest BCUT2D eigenvalue weighted by molar-refractivity contribution is 6.20. The molecule has 0 saturated carbocycles. The van der Waals surface area contributed by atoms with Gasteiger partial charge in [0, 0.05) is 19.2 Å². The van der Waals surface area contributed by atoms with Gasteiger partial charge in [-0.05, 0) is 38.6 Å². The van der Waals surface area contributed by atoms with Crippen molar-refractivity contribution < 1.29 is 4.39 Å². The second kappa shape index (κ2) is 6.75. The molecule has 3 nitrogen and oxygen atoms in total. The fourth-order valence-electron chi connectivity index (χ4n) is 2.59. The molecule has 0 fully saturated rings. The summed E-state index contributed by atoms with van der Waals surface area (Å²) in [6.07, 6.45) is 0. The molecule has 1 heterocycles. The fraction of sp³-hybridized carbons (Fsp3) is 0.562. The maximum Gasteiger partial charge on any atom is 0.128 e. The van der Waals surface area contributed by atoms with E-state index in [-0.39, 0.29) is 11.2 Å². The predicted octanol–water partition coefficient (Wildman–Crippen LogP) is 4.13. The molecule has 2 rings (SSSR count). The normalized spacial score (nSPS) is 13.3. The minimum atomic E-state index is -0.218. The third-order valence-corrected chi connectivity index (χ3v) is 4.14. The molecule has 0 aliphatic rings. The van der Waals surface area contributed by atoms with E-state index in [0.717, 1.165) is 37.5 Å². The molecule has 1 atom stereocenters. The SMILES string of the molecule is CCN(CC)CCn1c(C(C)Cl)nc2cc(F)c(C)cc21. The Balaban J connectivity index is 2.43. The average molecular weight is 312 g/mol. The van der Waals surface area contributed by atoms with Crippen molar-refractivity contribution in [2.45, 2.75) is 39.6 Å². The molecule has 0 N–H and O–H groups in total. The summed E-state index contributed by atoms with van der Waals surface area (Å²) < 4.78 is 15.8. The highest BCUT2D eigenvalue weighted by atomic mass is 35.5. The van der Waals surface area contributed by atoms with Crippen LogP contribution in [0.2, 0.25) is 0 Å². The second-order valence-corrected chi connectivity index (χ2v) is 6.01. The van der Waals surface area contributed by atoms with Crippen molar-refractivity contribution in [1.82, 2.24) is 14.5 Å². The third-order valence-electron chi connectivity index (χ3n) is 3.95. The van der Waals surface area contributed by atoms with Crippen LogP contribution in [0.3, 0.4) is 0 Å². The monoisotopic (exact) mass is 311 g/mol. The first kappa shape index (κ1) is 16.2. The van der Waals surface area contributed by atoms with Gasteiger partial charge in [-0.3, -0.25) is 0 Å². The van der Waals surface area contributed by atoms with Crippen LogP contribution in [0.5, 0.6) is 0 Å². The molecule has 0 bridgehead atoms. The van der Waals surface area contributed by atoms with E-state index in [2.05, 4.69) is 28.3 Å². The number of hydrogen-bond acceptors (Lipinski definition) is 2. The molecule has 2 aromatic rings. The Morgan fingerprint density at radius 2 is 2.00 bits per heavy atom. The molecule has 0 aliphatic heterocycles. The number of rotatable bonds is 6. The number of aromatic nitrogens is 2. The van der Waals surface area contributed by atoms with Gasteiger partial charge in [0.1, 0.15) is 11.6 Å². The van der Waals surface area contributed by atoms with Crippen molar-refractivity contribution in [2.24, 2.45) is 0 Å². The zero-order chi connectivity index (χ0) is 15.6. The predicted molar refractivity (Wildman–Crippen MR) is 86.5 cm³/mol. The first-order valence-electron chi connectivity index (χ1n) is 7.50. The van der Waals surface area contributed by atoms with Crippen molar-refractivity contribution in [3.63, 3.8) is 0 Å². The van der Waals surface area contributed by atoms with Gasteiger partial charge in [-0.25, -0.2) is 9.37 Å². The number of nitrogens with zero attached hydrogens (tertiary/aromatic N) is 3. The molecule has 0 aliphatic carbocycles. The minimum absolute atomic E-state index is 0.197. The standard InChI is InChI=1S/C16H23ClFN3/c1-5-20(6-2)7-8-21-15-9-11(3)13(18)10-14(15)19-16(21)12(4)17/h9-10,12H,5-8H2,1-4H3. The number of benzene rings is 1. The van der Waals surface area contributed by atoms with Gasteiger partial charge in [0.15, 0.2) is 0 Å². The maximum atomic E-state index is 13.7. The van der Waals surface area contributed by atoms with Crippen LogP contribution in [-0.2, 0) is 6.54 Å². The van der Waals surface area contributed by atoms with Crippen LogP contribution in [0.4, 0.5) is 4.39 Å². The molecule has 1 aromatic heterocycles. The highest BCUT2D eigenvalue weighted by Crippen LogP contribution is 2.26. The lowest BCUT2D eigenvalue weighted by Crippen LogP contribution is -2.27. The molecule has 116 valence electrons. The molecular weight excluding hydrogens is 289 g/mol. The molecule has 0 spiro atoms. The van der Waals surface area contributed by atoms with Gasteiger partial charge in [-0.15, -0.1) is 11.6 Å². The lowest BCUT2D eigenvalue weighted by Gasteiger charge is -2.19. The molecule has 1 unspecified atom stereocenters. The Hall–Kier alpha value is -1.13. The summed E-state index contributed by atoms with van der Waals surface area (Å²) in [6, 6.07) is 3.37. The highest BCUT2D eigenvalue weighted by Gasteiger charge is 2.16. The van der Waals surface area contributed by atoms with E-state index in [1.165, 1.54) is 6.07 Å². The van der Waals surface area contributed by atoms with Crippen LogP contribution in [-0.4, -0.2) is 34.1 Å². The van der Waals surface area contributed by atoms with Crippen LogP contribution in [0.1, 0.15) is 37.5 Å². The van der Waals surface area contributed by atoms with E-state index in [0.29, 0.717) is 11.1 Å². The zero-order valence-corrected chi connectivity index (χ0v) is 13.9. The van der Waals surface area contributed by atoms with Gasteiger partial charge in [0.25, 0.3) is 0 Å². The number of fused-ring (bicyclic) bond motifs is 1. The van der Waals surface area contributed by atoms with Crippen molar-refractivity contribution in [1.29, 1.82) is 0 Å². The average Bonchev–Trinajstić information content (AvgIpc) is 2.79. The van der Waals surface area contributed by atoms with E-state index in [1.807, 2.05) is 13.0 Å². The lowest BCUT2D eigenvalue weighted by molar-refractivity contribution is 0.290. The van der Waals surface area contributed by atoms with Gasteiger partial charge in [0.2, 0.25) is 0 Å². The van der Waals surface area contributed by atoms with E-state index in [9.17, 15) is 4.39 Å². The van der Waals surface area contributed by atoms with E-state index in [4.69, 9.17) is 11.6 Å². The number of halogens is 2. The summed E-state index contributed by atoms with van der Waals surface area (Å²) in [4.78, 5) is 6.87. The molecular formula is C16H23ClFN3. The summed E-state index contributed by atoms with van der Waals surface area (Å²) in [5, 5.41) is -0.197. The lowest BCUT2D eigenvalue weighted by atomic mass is 10.2. The molecule has 0 saturated heterocycles. The second-order valence-electron chi connectivity index (χ2n) is 5.35. The Morgan fingerprint density at radius 3 is 2.57 bits per heavy atom. The first-order chi connectivity index (χ1) is 9.97. The molecule has 1 aromatic carbocycles. The Kier molecular flexibility index (Phi) is 5.22. The number of aryl methyl sites for hydroxylation is 1. The summed E-state index contributed by atoms with van der Waals surface area (Å²) in [5.74, 6) is 0.591. The van der Waals surface area contributed by atoms with Gasteiger partial charge in [-0.2, -0.15) is 0 Å². The van der Waals surface area contributed by atoms with Crippen LogP contribution in [0.15, 0.2) is 12.1 Å². The Bertz CT molecular complexity index is 617. The largest absolute Gasteiger partial charge is 0.325 e. The summed E-state index contributed by atoms with van der Waals surface area (Å²) in [5.41, 5.74) is 2.28. The molecule has 5 heteroatoms. The summed E-state index contributed by atoms with van der Waals surface area (Å²) in [7, 11) is 0. The van der Waals surface area contributed by atoms with E-state index < -0.39 is 0 Å².